The zero-order chi connectivity index (χ0) is 16.9. The number of likely N-dealkylation sites (tertiary alicyclic amines) is 1. The van der Waals surface area contributed by atoms with Crippen LogP contribution >= 0.6 is 0 Å². The predicted octanol–water partition coefficient (Wildman–Crippen LogP) is 2.65. The maximum Gasteiger partial charge on any atom is 0.222 e. The van der Waals surface area contributed by atoms with E-state index in [0.29, 0.717) is 43.0 Å². The first-order chi connectivity index (χ1) is 11.0. The van der Waals surface area contributed by atoms with Gasteiger partial charge in [0.05, 0.1) is 17.3 Å². The highest BCUT2D eigenvalue weighted by Gasteiger charge is 2.32. The van der Waals surface area contributed by atoms with Crippen molar-refractivity contribution in [2.24, 2.45) is 0 Å². The van der Waals surface area contributed by atoms with Crippen LogP contribution in [0, 0.1) is 0 Å². The quantitative estimate of drug-likeness (QED) is 0.799. The predicted molar refractivity (Wildman–Crippen MR) is 89.3 cm³/mol. The number of benzene rings is 1. The fourth-order valence-corrected chi connectivity index (χ4v) is 4.59. The SMILES string of the molecule is CCCCC(=O)N1CCC(S(=O)(=O)c2ccc(OC)cc2)CC1. The maximum absolute atomic E-state index is 12.7. The monoisotopic (exact) mass is 339 g/mol. The molecule has 1 aromatic carbocycles. The molecule has 1 aliphatic rings. The summed E-state index contributed by atoms with van der Waals surface area (Å²) in [4.78, 5) is 14.1. The van der Waals surface area contributed by atoms with E-state index in [-0.39, 0.29) is 5.91 Å². The van der Waals surface area contributed by atoms with Crippen molar-refractivity contribution in [2.75, 3.05) is 20.2 Å². The second-order valence-corrected chi connectivity index (χ2v) is 8.13. The molecule has 0 atom stereocenters. The van der Waals surface area contributed by atoms with Crippen LogP contribution in [0.15, 0.2) is 29.2 Å². The Labute approximate surface area is 138 Å². The Balaban J connectivity index is 1.99. The van der Waals surface area contributed by atoms with Gasteiger partial charge in [0.2, 0.25) is 5.91 Å². The highest BCUT2D eigenvalue weighted by Crippen LogP contribution is 2.26. The fourth-order valence-electron chi connectivity index (χ4n) is 2.86. The summed E-state index contributed by atoms with van der Waals surface area (Å²) >= 11 is 0. The van der Waals surface area contributed by atoms with Gasteiger partial charge < -0.3 is 9.64 Å². The molecule has 6 heteroatoms. The highest BCUT2D eigenvalue weighted by molar-refractivity contribution is 7.92. The molecule has 1 aromatic rings. The standard InChI is InChI=1S/C17H25NO4S/c1-3-4-5-17(19)18-12-10-16(11-13-18)23(20,21)15-8-6-14(22-2)7-9-15/h6-9,16H,3-5,10-13H2,1-2H3. The van der Waals surface area contributed by atoms with E-state index in [9.17, 15) is 13.2 Å². The molecule has 0 aliphatic carbocycles. The molecule has 23 heavy (non-hydrogen) atoms. The molecule has 5 nitrogen and oxygen atoms in total. The van der Waals surface area contributed by atoms with Crippen LogP contribution in [0.4, 0.5) is 0 Å². The normalized spacial score (nSPS) is 16.3. The lowest BCUT2D eigenvalue weighted by atomic mass is 10.1. The minimum atomic E-state index is -3.35. The van der Waals surface area contributed by atoms with Crippen LogP contribution in [0.3, 0.4) is 0 Å². The van der Waals surface area contributed by atoms with E-state index in [1.54, 1.807) is 36.3 Å². The number of carbonyl (C=O) groups is 1. The molecule has 0 spiro atoms. The number of nitrogens with zero attached hydrogens (tertiary/aromatic N) is 1. The van der Waals surface area contributed by atoms with Gasteiger partial charge in [-0.3, -0.25) is 4.79 Å². The van der Waals surface area contributed by atoms with Crippen LogP contribution < -0.4 is 4.74 Å². The Bertz CT molecular complexity index is 616. The van der Waals surface area contributed by atoms with Gasteiger partial charge >= 0.3 is 0 Å². The van der Waals surface area contributed by atoms with Crippen LogP contribution in [0.25, 0.3) is 0 Å². The van der Waals surface area contributed by atoms with Crippen molar-refractivity contribution in [3.8, 4) is 5.75 Å². The molecule has 1 amide bonds. The molecule has 2 rings (SSSR count). The topological polar surface area (TPSA) is 63.7 Å². The minimum Gasteiger partial charge on any atom is -0.497 e. The molecule has 1 heterocycles. The van der Waals surface area contributed by atoms with Gasteiger partial charge in [-0.2, -0.15) is 0 Å². The summed E-state index contributed by atoms with van der Waals surface area (Å²) in [6, 6.07) is 6.51. The molecule has 0 aromatic heterocycles. The summed E-state index contributed by atoms with van der Waals surface area (Å²) in [5.74, 6) is 0.785. The lowest BCUT2D eigenvalue weighted by Crippen LogP contribution is -2.42. The number of rotatable bonds is 6. The van der Waals surface area contributed by atoms with Crippen molar-refractivity contribution in [1.29, 1.82) is 0 Å². The third-order valence-electron chi connectivity index (χ3n) is 4.37. The lowest BCUT2D eigenvalue weighted by Gasteiger charge is -2.31. The Hall–Kier alpha value is -1.56. The number of hydrogen-bond donors (Lipinski definition) is 0. The Kier molecular flexibility index (Phi) is 6.04. The van der Waals surface area contributed by atoms with Crippen LogP contribution in [-0.2, 0) is 14.6 Å². The molecular weight excluding hydrogens is 314 g/mol. The van der Waals surface area contributed by atoms with E-state index < -0.39 is 15.1 Å². The zero-order valence-electron chi connectivity index (χ0n) is 13.8. The largest absolute Gasteiger partial charge is 0.497 e. The van der Waals surface area contributed by atoms with Crippen molar-refractivity contribution in [3.63, 3.8) is 0 Å². The van der Waals surface area contributed by atoms with E-state index in [1.165, 1.54) is 0 Å². The van der Waals surface area contributed by atoms with Gasteiger partial charge in [-0.15, -0.1) is 0 Å². The molecule has 128 valence electrons. The van der Waals surface area contributed by atoms with Gasteiger partial charge in [0.25, 0.3) is 0 Å². The number of ether oxygens (including phenoxy) is 1. The number of hydrogen-bond acceptors (Lipinski definition) is 4. The summed E-state index contributed by atoms with van der Waals surface area (Å²) in [7, 11) is -1.80. The van der Waals surface area contributed by atoms with Crippen LogP contribution in [-0.4, -0.2) is 44.7 Å². The van der Waals surface area contributed by atoms with Crippen molar-refractivity contribution in [3.05, 3.63) is 24.3 Å². The maximum atomic E-state index is 12.7. The number of sulfone groups is 1. The Morgan fingerprint density at radius 2 is 1.83 bits per heavy atom. The van der Waals surface area contributed by atoms with Gasteiger partial charge in [-0.05, 0) is 43.5 Å². The van der Waals surface area contributed by atoms with E-state index >= 15 is 0 Å². The van der Waals surface area contributed by atoms with Gasteiger partial charge in [0, 0.05) is 19.5 Å². The van der Waals surface area contributed by atoms with Crippen molar-refractivity contribution < 1.29 is 17.9 Å². The molecule has 0 radical (unpaired) electrons. The van der Waals surface area contributed by atoms with E-state index in [4.69, 9.17) is 4.74 Å². The van der Waals surface area contributed by atoms with Gasteiger partial charge in [0.1, 0.15) is 5.75 Å². The molecular formula is C17H25NO4S. The van der Waals surface area contributed by atoms with Crippen LogP contribution in [0.1, 0.15) is 39.0 Å². The molecule has 0 unspecified atom stereocenters. The Morgan fingerprint density at radius 1 is 1.22 bits per heavy atom. The second kappa shape index (κ2) is 7.81. The van der Waals surface area contributed by atoms with Gasteiger partial charge in [-0.25, -0.2) is 8.42 Å². The van der Waals surface area contributed by atoms with E-state index in [0.717, 1.165) is 12.8 Å². The first kappa shape index (κ1) is 17.8. The summed E-state index contributed by atoms with van der Waals surface area (Å²) in [5, 5.41) is -0.411. The number of methoxy groups -OCH3 is 1. The molecule has 1 aliphatic heterocycles. The first-order valence-electron chi connectivity index (χ1n) is 8.14. The number of piperidine rings is 1. The molecule has 0 bridgehead atoms. The third kappa shape index (κ3) is 4.25. The average Bonchev–Trinajstić information content (AvgIpc) is 2.59. The summed E-state index contributed by atoms with van der Waals surface area (Å²) < 4.78 is 30.4. The second-order valence-electron chi connectivity index (χ2n) is 5.90. The molecule has 1 fully saturated rings. The molecule has 0 saturated carbocycles. The highest BCUT2D eigenvalue weighted by atomic mass is 32.2. The third-order valence-corrected chi connectivity index (χ3v) is 6.64. The lowest BCUT2D eigenvalue weighted by molar-refractivity contribution is -0.132. The van der Waals surface area contributed by atoms with Crippen LogP contribution in [0.2, 0.25) is 0 Å². The Morgan fingerprint density at radius 3 is 2.35 bits per heavy atom. The fraction of sp³-hybridized carbons (Fsp3) is 0.588. The van der Waals surface area contributed by atoms with E-state index in [2.05, 4.69) is 6.92 Å². The van der Waals surface area contributed by atoms with Gasteiger partial charge in [0.15, 0.2) is 9.84 Å². The summed E-state index contributed by atoms with van der Waals surface area (Å²) in [6.07, 6.45) is 3.46. The summed E-state index contributed by atoms with van der Waals surface area (Å²) in [6.45, 7) is 3.12. The van der Waals surface area contributed by atoms with Crippen molar-refractivity contribution in [2.45, 2.75) is 49.2 Å². The molecule has 1 saturated heterocycles. The van der Waals surface area contributed by atoms with Gasteiger partial charge in [-0.1, -0.05) is 13.3 Å². The first-order valence-corrected chi connectivity index (χ1v) is 9.69. The van der Waals surface area contributed by atoms with Crippen LogP contribution in [0.5, 0.6) is 5.75 Å². The minimum absolute atomic E-state index is 0.146. The van der Waals surface area contributed by atoms with E-state index in [1.807, 2.05) is 0 Å². The zero-order valence-corrected chi connectivity index (χ0v) is 14.6. The number of unbranched alkanes of at least 4 members (excludes halogenated alkanes) is 1. The number of amides is 1. The number of carbonyl (C=O) groups excluding carboxylic acids is 1. The average molecular weight is 339 g/mol. The molecule has 0 N–H and O–H groups in total. The smallest absolute Gasteiger partial charge is 0.222 e. The van der Waals surface area contributed by atoms with Crippen molar-refractivity contribution >= 4 is 15.7 Å². The summed E-state index contributed by atoms with van der Waals surface area (Å²) in [5.41, 5.74) is 0. The van der Waals surface area contributed by atoms with Crippen molar-refractivity contribution in [1.82, 2.24) is 4.90 Å².